The van der Waals surface area contributed by atoms with E-state index in [-0.39, 0.29) is 25.0 Å². The van der Waals surface area contributed by atoms with Gasteiger partial charge in [0.25, 0.3) is 0 Å². The molecule has 2 unspecified atom stereocenters. The molecular weight excluding hydrogens is 360 g/mol. The maximum Gasteiger partial charge on any atom is 0.0507 e. The van der Waals surface area contributed by atoms with Gasteiger partial charge in [-0.05, 0) is 31.6 Å². The Balaban J connectivity index is 0.00000576. The van der Waals surface area contributed by atoms with Crippen molar-refractivity contribution in [1.82, 2.24) is 9.80 Å². The number of unbranched alkanes of at least 4 members (excludes halogenated alkanes) is 2. The van der Waals surface area contributed by atoms with Crippen molar-refractivity contribution in [3.8, 4) is 0 Å². The van der Waals surface area contributed by atoms with E-state index in [1.54, 1.807) is 0 Å². The van der Waals surface area contributed by atoms with Crippen LogP contribution in [-0.4, -0.2) is 48.2 Å². The van der Waals surface area contributed by atoms with Gasteiger partial charge in [-0.1, -0.05) is 66.2 Å². The van der Waals surface area contributed by atoms with E-state index in [0.717, 1.165) is 31.6 Å². The molecule has 1 rings (SSSR count). The molecule has 146 valence electrons. The number of nitrogens with two attached hydrogens (primary N) is 1. The summed E-state index contributed by atoms with van der Waals surface area (Å²) >= 11 is 0. The summed E-state index contributed by atoms with van der Waals surface area (Å²) in [6, 6.07) is 0. The third-order valence-corrected chi connectivity index (χ3v) is 5.69. The summed E-state index contributed by atoms with van der Waals surface area (Å²) in [6.07, 6.45) is 10.7. The van der Waals surface area contributed by atoms with Crippen LogP contribution in [0.3, 0.4) is 0 Å². The van der Waals surface area contributed by atoms with Gasteiger partial charge < -0.3 is 5.73 Å². The fraction of sp³-hybridized carbons (Fsp3) is 1.00. The van der Waals surface area contributed by atoms with Gasteiger partial charge in [0.1, 0.15) is 0 Å². The van der Waals surface area contributed by atoms with Crippen LogP contribution in [0.1, 0.15) is 86.0 Å². The fourth-order valence-electron chi connectivity index (χ4n) is 4.26. The van der Waals surface area contributed by atoms with E-state index in [2.05, 4.69) is 44.4 Å². The smallest absolute Gasteiger partial charge is 0.0507 e. The van der Waals surface area contributed by atoms with Gasteiger partial charge in [-0.25, -0.2) is 0 Å². The SMILES string of the molecule is CCCCC(CC)CN1CN(CC(CC)CCCC)CC(C)(N)C1.[Zn]. The first-order valence-electron chi connectivity index (χ1n) is 10.7. The fourth-order valence-corrected chi connectivity index (χ4v) is 4.26. The zero-order valence-corrected chi connectivity index (χ0v) is 21.0. The minimum atomic E-state index is -0.0651. The van der Waals surface area contributed by atoms with Gasteiger partial charge in [0.05, 0.1) is 6.67 Å². The molecule has 0 aliphatic carbocycles. The molecule has 0 aromatic heterocycles. The van der Waals surface area contributed by atoms with E-state index in [9.17, 15) is 0 Å². The van der Waals surface area contributed by atoms with Gasteiger partial charge >= 0.3 is 0 Å². The molecule has 0 bridgehead atoms. The number of hydrogen-bond donors (Lipinski definition) is 1. The van der Waals surface area contributed by atoms with Crippen molar-refractivity contribution in [3.05, 3.63) is 0 Å². The van der Waals surface area contributed by atoms with Gasteiger partial charge in [-0.3, -0.25) is 9.80 Å². The zero-order chi connectivity index (χ0) is 18.0. The second-order valence-corrected chi connectivity index (χ2v) is 8.65. The second kappa shape index (κ2) is 13.6. The van der Waals surface area contributed by atoms with Crippen LogP contribution in [0.5, 0.6) is 0 Å². The van der Waals surface area contributed by atoms with Crippen molar-refractivity contribution in [1.29, 1.82) is 0 Å². The van der Waals surface area contributed by atoms with E-state index < -0.39 is 0 Å². The first-order chi connectivity index (χ1) is 11.4. The van der Waals surface area contributed by atoms with E-state index in [4.69, 9.17) is 5.73 Å². The van der Waals surface area contributed by atoms with Gasteiger partial charge in [0.15, 0.2) is 0 Å². The van der Waals surface area contributed by atoms with Crippen LogP contribution in [0.15, 0.2) is 0 Å². The minimum absolute atomic E-state index is 0. The van der Waals surface area contributed by atoms with E-state index in [0.29, 0.717) is 0 Å². The molecule has 0 aromatic rings. The van der Waals surface area contributed by atoms with Crippen LogP contribution in [0.25, 0.3) is 0 Å². The Hall–Kier alpha value is 0.503. The van der Waals surface area contributed by atoms with Gasteiger partial charge in [0, 0.05) is 51.2 Å². The van der Waals surface area contributed by atoms with Crippen LogP contribution < -0.4 is 5.73 Å². The third-order valence-electron chi connectivity index (χ3n) is 5.69. The first-order valence-corrected chi connectivity index (χ1v) is 10.7. The standard InChI is InChI=1S/C21H45N3.Zn/c1-6-10-12-19(8-3)14-23-16-21(5,22)17-24(18-23)15-20(9-4)13-11-7-2;/h19-20H,6-18,22H2,1-5H3;. The molecule has 0 radical (unpaired) electrons. The molecule has 0 aromatic carbocycles. The monoisotopic (exact) mass is 403 g/mol. The van der Waals surface area contributed by atoms with E-state index >= 15 is 0 Å². The maximum absolute atomic E-state index is 6.61. The summed E-state index contributed by atoms with van der Waals surface area (Å²) < 4.78 is 0. The molecule has 3 nitrogen and oxygen atoms in total. The molecule has 0 spiro atoms. The van der Waals surface area contributed by atoms with E-state index in [1.807, 2.05) is 0 Å². The molecule has 1 saturated heterocycles. The van der Waals surface area contributed by atoms with Crippen molar-refractivity contribution in [2.75, 3.05) is 32.8 Å². The summed E-state index contributed by atoms with van der Waals surface area (Å²) in [5, 5.41) is 0. The number of nitrogens with zero attached hydrogens (tertiary/aromatic N) is 2. The zero-order valence-electron chi connectivity index (χ0n) is 18.0. The Labute approximate surface area is 171 Å². The van der Waals surface area contributed by atoms with Crippen LogP contribution >= 0.6 is 0 Å². The molecule has 2 atom stereocenters. The molecule has 4 heteroatoms. The molecule has 1 fully saturated rings. The van der Waals surface area contributed by atoms with Gasteiger partial charge in [-0.15, -0.1) is 0 Å². The predicted octanol–water partition coefficient (Wildman–Crippen LogP) is 4.71. The molecule has 1 heterocycles. The Morgan fingerprint density at radius 2 is 1.24 bits per heavy atom. The van der Waals surface area contributed by atoms with Gasteiger partial charge in [-0.2, -0.15) is 0 Å². The topological polar surface area (TPSA) is 32.5 Å². The Morgan fingerprint density at radius 3 is 1.56 bits per heavy atom. The minimum Gasteiger partial charge on any atom is -0.323 e. The van der Waals surface area contributed by atoms with Crippen molar-refractivity contribution in [3.63, 3.8) is 0 Å². The van der Waals surface area contributed by atoms with Crippen LogP contribution in [-0.2, 0) is 19.5 Å². The second-order valence-electron chi connectivity index (χ2n) is 8.65. The van der Waals surface area contributed by atoms with Crippen molar-refractivity contribution in [2.24, 2.45) is 17.6 Å². The third kappa shape index (κ3) is 10.4. The summed E-state index contributed by atoms with van der Waals surface area (Å²) in [5.41, 5.74) is 6.54. The number of rotatable bonds is 12. The van der Waals surface area contributed by atoms with E-state index in [1.165, 1.54) is 64.5 Å². The summed E-state index contributed by atoms with van der Waals surface area (Å²) in [7, 11) is 0. The summed E-state index contributed by atoms with van der Waals surface area (Å²) in [6.45, 7) is 17.2. The largest absolute Gasteiger partial charge is 0.323 e. The average Bonchev–Trinajstić information content (AvgIpc) is 2.53. The molecule has 2 N–H and O–H groups in total. The Bertz CT molecular complexity index is 294. The van der Waals surface area contributed by atoms with Crippen molar-refractivity contribution in [2.45, 2.75) is 91.5 Å². The molecule has 1 aliphatic rings. The number of hydrogen-bond acceptors (Lipinski definition) is 3. The molecule has 0 saturated carbocycles. The average molecular weight is 405 g/mol. The van der Waals surface area contributed by atoms with Gasteiger partial charge in [0.2, 0.25) is 0 Å². The normalized spacial score (nSPS) is 24.7. The molecule has 25 heavy (non-hydrogen) atoms. The Morgan fingerprint density at radius 1 is 0.840 bits per heavy atom. The summed E-state index contributed by atoms with van der Waals surface area (Å²) in [5.74, 6) is 1.67. The summed E-state index contributed by atoms with van der Waals surface area (Å²) in [4.78, 5) is 5.28. The van der Waals surface area contributed by atoms with Crippen molar-refractivity contribution < 1.29 is 19.5 Å². The van der Waals surface area contributed by atoms with Crippen LogP contribution in [0.4, 0.5) is 0 Å². The van der Waals surface area contributed by atoms with Crippen LogP contribution in [0, 0.1) is 11.8 Å². The molecular formula is C21H45N3Zn. The molecule has 0 amide bonds. The van der Waals surface area contributed by atoms with Crippen molar-refractivity contribution >= 4 is 0 Å². The Kier molecular flexibility index (Phi) is 13.9. The maximum atomic E-state index is 6.61. The molecule has 1 aliphatic heterocycles. The van der Waals surface area contributed by atoms with Crippen LogP contribution in [0.2, 0.25) is 0 Å². The predicted molar refractivity (Wildman–Crippen MR) is 107 cm³/mol. The quantitative estimate of drug-likeness (QED) is 0.478. The first kappa shape index (κ1) is 25.5.